The van der Waals surface area contributed by atoms with Gasteiger partial charge in [0, 0.05) is 19.5 Å². The fourth-order valence-electron chi connectivity index (χ4n) is 1.83. The van der Waals surface area contributed by atoms with E-state index in [0.717, 1.165) is 5.69 Å². The molecular formula is C13H15ClN4OS. The summed E-state index contributed by atoms with van der Waals surface area (Å²) in [6.07, 6.45) is 0.188. The lowest BCUT2D eigenvalue weighted by Crippen LogP contribution is -2.18. The third kappa shape index (κ3) is 3.40. The molecule has 1 aromatic carbocycles. The van der Waals surface area contributed by atoms with Crippen LogP contribution in [0.25, 0.3) is 0 Å². The number of nitrogens with two attached hydrogens (primary N) is 1. The summed E-state index contributed by atoms with van der Waals surface area (Å²) >= 11 is 7.47. The number of para-hydroxylation sites is 1. The van der Waals surface area contributed by atoms with Gasteiger partial charge in [0.1, 0.15) is 0 Å². The van der Waals surface area contributed by atoms with E-state index in [1.54, 1.807) is 17.5 Å². The molecular weight excluding hydrogens is 296 g/mol. The maximum Gasteiger partial charge on any atom is 0.230 e. The van der Waals surface area contributed by atoms with Crippen molar-refractivity contribution >= 4 is 45.4 Å². The number of hydrogen-bond donors (Lipinski definition) is 2. The lowest BCUT2D eigenvalue weighted by atomic mass is 10.2. The molecule has 1 aromatic heterocycles. The van der Waals surface area contributed by atoms with Crippen molar-refractivity contribution in [3.8, 4) is 0 Å². The molecule has 1 heterocycles. The Morgan fingerprint density at radius 1 is 1.50 bits per heavy atom. The number of thiazole rings is 1. The Balaban J connectivity index is 2.14. The van der Waals surface area contributed by atoms with E-state index in [1.807, 2.05) is 25.1 Å². The fourth-order valence-corrected chi connectivity index (χ4v) is 2.74. The molecule has 7 heteroatoms. The van der Waals surface area contributed by atoms with E-state index in [2.05, 4.69) is 10.3 Å². The second kappa shape index (κ2) is 6.11. The SMILES string of the molecule is CN(C)c1c(Cl)cccc1NC(=O)Cc1csc(N)n1. The third-order valence-corrected chi connectivity index (χ3v) is 3.65. The molecule has 0 aliphatic rings. The highest BCUT2D eigenvalue weighted by Gasteiger charge is 2.13. The Kier molecular flexibility index (Phi) is 4.46. The number of nitrogen functional groups attached to an aromatic ring is 1. The molecule has 0 aliphatic carbocycles. The minimum atomic E-state index is -0.152. The number of rotatable bonds is 4. The molecule has 0 unspecified atom stereocenters. The number of amides is 1. The Morgan fingerprint density at radius 2 is 2.25 bits per heavy atom. The number of carbonyl (C=O) groups excluding carboxylic acids is 1. The number of aromatic nitrogens is 1. The van der Waals surface area contributed by atoms with Gasteiger partial charge < -0.3 is 16.0 Å². The van der Waals surface area contributed by atoms with Gasteiger partial charge in [0.25, 0.3) is 0 Å². The lowest BCUT2D eigenvalue weighted by molar-refractivity contribution is -0.115. The second-order valence-corrected chi connectivity index (χ2v) is 5.73. The number of halogens is 1. The monoisotopic (exact) mass is 310 g/mol. The number of anilines is 3. The Hall–Kier alpha value is -1.79. The number of carbonyl (C=O) groups is 1. The molecule has 0 bridgehead atoms. The molecule has 2 aromatic rings. The van der Waals surface area contributed by atoms with Crippen molar-refractivity contribution < 1.29 is 4.79 Å². The maximum absolute atomic E-state index is 12.0. The van der Waals surface area contributed by atoms with Gasteiger partial charge in [0.15, 0.2) is 5.13 Å². The molecule has 106 valence electrons. The normalized spacial score (nSPS) is 10.3. The molecule has 0 fully saturated rings. The van der Waals surface area contributed by atoms with Crippen molar-refractivity contribution in [2.45, 2.75) is 6.42 Å². The highest BCUT2D eigenvalue weighted by atomic mass is 35.5. The molecule has 20 heavy (non-hydrogen) atoms. The first-order chi connectivity index (χ1) is 9.47. The van der Waals surface area contributed by atoms with E-state index in [4.69, 9.17) is 17.3 Å². The van der Waals surface area contributed by atoms with Crippen LogP contribution in [-0.4, -0.2) is 25.0 Å². The summed E-state index contributed by atoms with van der Waals surface area (Å²) in [7, 11) is 3.75. The third-order valence-electron chi connectivity index (χ3n) is 2.62. The molecule has 1 amide bonds. The number of nitrogens with one attached hydrogen (secondary N) is 1. The number of nitrogens with zero attached hydrogens (tertiary/aromatic N) is 2. The Labute approximate surface area is 126 Å². The molecule has 3 N–H and O–H groups in total. The van der Waals surface area contributed by atoms with Gasteiger partial charge >= 0.3 is 0 Å². The van der Waals surface area contributed by atoms with Crippen LogP contribution in [0.3, 0.4) is 0 Å². The zero-order valence-corrected chi connectivity index (χ0v) is 12.8. The molecule has 2 rings (SSSR count). The standard InChI is InChI=1S/C13H15ClN4OS/c1-18(2)12-9(14)4-3-5-10(12)17-11(19)6-8-7-20-13(15)16-8/h3-5,7H,6H2,1-2H3,(H2,15,16)(H,17,19). The van der Waals surface area contributed by atoms with Gasteiger partial charge in [-0.2, -0.15) is 0 Å². The minimum absolute atomic E-state index is 0.152. The van der Waals surface area contributed by atoms with Gasteiger partial charge in [-0.15, -0.1) is 11.3 Å². The molecule has 0 saturated carbocycles. The molecule has 0 atom stereocenters. The van der Waals surface area contributed by atoms with Crippen molar-refractivity contribution in [2.75, 3.05) is 30.0 Å². The second-order valence-electron chi connectivity index (χ2n) is 4.43. The summed E-state index contributed by atoms with van der Waals surface area (Å²) in [6, 6.07) is 5.40. The van der Waals surface area contributed by atoms with Crippen molar-refractivity contribution in [1.82, 2.24) is 4.98 Å². The zero-order chi connectivity index (χ0) is 14.7. The predicted molar refractivity (Wildman–Crippen MR) is 84.6 cm³/mol. The van der Waals surface area contributed by atoms with Gasteiger partial charge in [-0.25, -0.2) is 4.98 Å². The Bertz CT molecular complexity index is 627. The van der Waals surface area contributed by atoms with E-state index in [9.17, 15) is 4.79 Å². The average molecular weight is 311 g/mol. The van der Waals surface area contributed by atoms with Crippen molar-refractivity contribution in [2.24, 2.45) is 0 Å². The van der Waals surface area contributed by atoms with Crippen LogP contribution in [0.2, 0.25) is 5.02 Å². The van der Waals surface area contributed by atoms with E-state index in [1.165, 1.54) is 11.3 Å². The molecule has 0 spiro atoms. The van der Waals surface area contributed by atoms with E-state index < -0.39 is 0 Å². The van der Waals surface area contributed by atoms with Crippen LogP contribution in [0.1, 0.15) is 5.69 Å². The molecule has 0 radical (unpaired) electrons. The fraction of sp³-hybridized carbons (Fsp3) is 0.231. The van der Waals surface area contributed by atoms with Gasteiger partial charge in [-0.1, -0.05) is 17.7 Å². The topological polar surface area (TPSA) is 71.2 Å². The van der Waals surface area contributed by atoms with Gasteiger partial charge in [0.05, 0.1) is 28.5 Å². The van der Waals surface area contributed by atoms with Crippen molar-refractivity contribution in [1.29, 1.82) is 0 Å². The first-order valence-electron chi connectivity index (χ1n) is 5.93. The summed E-state index contributed by atoms with van der Waals surface area (Å²) in [5, 5.41) is 5.68. The summed E-state index contributed by atoms with van der Waals surface area (Å²) < 4.78 is 0. The zero-order valence-electron chi connectivity index (χ0n) is 11.2. The van der Waals surface area contributed by atoms with E-state index in [0.29, 0.717) is 21.5 Å². The summed E-state index contributed by atoms with van der Waals surface area (Å²) in [5.74, 6) is -0.152. The predicted octanol–water partition coefficient (Wildman–Crippen LogP) is 2.63. The number of hydrogen-bond acceptors (Lipinski definition) is 5. The Morgan fingerprint density at radius 3 is 2.85 bits per heavy atom. The van der Waals surface area contributed by atoms with Gasteiger partial charge in [-0.05, 0) is 12.1 Å². The van der Waals surface area contributed by atoms with Crippen LogP contribution in [-0.2, 0) is 11.2 Å². The first kappa shape index (κ1) is 14.6. The summed E-state index contributed by atoms with van der Waals surface area (Å²) in [4.78, 5) is 18.0. The van der Waals surface area contributed by atoms with Crippen LogP contribution >= 0.6 is 22.9 Å². The molecule has 5 nitrogen and oxygen atoms in total. The highest BCUT2D eigenvalue weighted by Crippen LogP contribution is 2.32. The number of benzene rings is 1. The summed E-state index contributed by atoms with van der Waals surface area (Å²) in [6.45, 7) is 0. The van der Waals surface area contributed by atoms with Crippen LogP contribution in [0.5, 0.6) is 0 Å². The first-order valence-corrected chi connectivity index (χ1v) is 7.18. The average Bonchev–Trinajstić information content (AvgIpc) is 2.74. The van der Waals surface area contributed by atoms with Crippen molar-refractivity contribution in [3.05, 3.63) is 34.3 Å². The van der Waals surface area contributed by atoms with E-state index in [-0.39, 0.29) is 12.3 Å². The lowest BCUT2D eigenvalue weighted by Gasteiger charge is -2.19. The summed E-state index contributed by atoms with van der Waals surface area (Å²) in [5.41, 5.74) is 7.66. The minimum Gasteiger partial charge on any atom is -0.375 e. The van der Waals surface area contributed by atoms with Crippen LogP contribution < -0.4 is 16.0 Å². The van der Waals surface area contributed by atoms with Gasteiger partial charge in [0.2, 0.25) is 5.91 Å². The molecule has 0 aliphatic heterocycles. The van der Waals surface area contributed by atoms with Crippen molar-refractivity contribution in [3.63, 3.8) is 0 Å². The quantitative estimate of drug-likeness (QED) is 0.910. The maximum atomic E-state index is 12.0. The van der Waals surface area contributed by atoms with Gasteiger partial charge in [-0.3, -0.25) is 4.79 Å². The van der Waals surface area contributed by atoms with Crippen LogP contribution in [0.15, 0.2) is 23.6 Å². The van der Waals surface area contributed by atoms with E-state index >= 15 is 0 Å². The largest absolute Gasteiger partial charge is 0.375 e. The highest BCUT2D eigenvalue weighted by molar-refractivity contribution is 7.13. The van der Waals surface area contributed by atoms with Crippen LogP contribution in [0.4, 0.5) is 16.5 Å². The smallest absolute Gasteiger partial charge is 0.230 e. The molecule has 0 saturated heterocycles. The van der Waals surface area contributed by atoms with Crippen LogP contribution in [0, 0.1) is 0 Å².